The fourth-order valence-electron chi connectivity index (χ4n) is 2.90. The average molecular weight is 299 g/mol. The van der Waals surface area contributed by atoms with Gasteiger partial charge in [0.2, 0.25) is 5.91 Å². The molecule has 1 amide bonds. The second-order valence-electron chi connectivity index (χ2n) is 5.64. The van der Waals surface area contributed by atoms with E-state index in [1.54, 1.807) is 11.3 Å². The first-order valence-corrected chi connectivity index (χ1v) is 8.60. The first-order chi connectivity index (χ1) is 10.3. The molecule has 1 aliphatic carbocycles. The summed E-state index contributed by atoms with van der Waals surface area (Å²) in [5, 5.41) is 6.38. The molecule has 1 N–H and O–H groups in total. The van der Waals surface area contributed by atoms with Crippen LogP contribution in [0.2, 0.25) is 0 Å². The molecular weight excluding hydrogens is 278 g/mol. The Labute approximate surface area is 129 Å². The smallest absolute Gasteiger partial charge is 0.224 e. The van der Waals surface area contributed by atoms with Gasteiger partial charge in [-0.1, -0.05) is 29.8 Å². The van der Waals surface area contributed by atoms with Crippen molar-refractivity contribution in [2.24, 2.45) is 0 Å². The van der Waals surface area contributed by atoms with E-state index < -0.39 is 0 Å². The number of hydrogen-bond acceptors (Lipinski definition) is 2. The summed E-state index contributed by atoms with van der Waals surface area (Å²) in [6, 6.07) is 8.28. The van der Waals surface area contributed by atoms with Crippen LogP contribution in [0.3, 0.4) is 0 Å². The SMILES string of the molecule is O=C(Cc1csc2ccccc12)NCCC1=CCCCC1. The van der Waals surface area contributed by atoms with E-state index >= 15 is 0 Å². The molecule has 0 bridgehead atoms. The average Bonchev–Trinajstić information content (AvgIpc) is 2.92. The number of nitrogens with one attached hydrogen (secondary N) is 1. The molecule has 2 nitrogen and oxygen atoms in total. The number of carbonyl (C=O) groups is 1. The second-order valence-corrected chi connectivity index (χ2v) is 6.55. The molecule has 0 saturated heterocycles. The maximum Gasteiger partial charge on any atom is 0.224 e. The van der Waals surface area contributed by atoms with E-state index in [1.165, 1.54) is 41.3 Å². The lowest BCUT2D eigenvalue weighted by Gasteiger charge is -2.12. The van der Waals surface area contributed by atoms with Crippen LogP contribution in [0.1, 0.15) is 37.7 Å². The van der Waals surface area contributed by atoms with Crippen LogP contribution in [0, 0.1) is 0 Å². The third-order valence-electron chi connectivity index (χ3n) is 4.07. The zero-order valence-electron chi connectivity index (χ0n) is 12.2. The van der Waals surface area contributed by atoms with Gasteiger partial charge >= 0.3 is 0 Å². The van der Waals surface area contributed by atoms with Crippen LogP contribution >= 0.6 is 11.3 Å². The van der Waals surface area contributed by atoms with Gasteiger partial charge in [-0.15, -0.1) is 11.3 Å². The largest absolute Gasteiger partial charge is 0.355 e. The predicted octanol–water partition coefficient (Wildman–Crippen LogP) is 4.45. The van der Waals surface area contributed by atoms with Crippen molar-refractivity contribution < 1.29 is 4.79 Å². The fraction of sp³-hybridized carbons (Fsp3) is 0.389. The van der Waals surface area contributed by atoms with Gasteiger partial charge < -0.3 is 5.32 Å². The molecular formula is C18H21NOS. The monoisotopic (exact) mass is 299 g/mol. The number of rotatable bonds is 5. The minimum absolute atomic E-state index is 0.134. The van der Waals surface area contributed by atoms with Gasteiger partial charge in [0, 0.05) is 11.2 Å². The molecule has 21 heavy (non-hydrogen) atoms. The van der Waals surface area contributed by atoms with Crippen LogP contribution < -0.4 is 5.32 Å². The van der Waals surface area contributed by atoms with Crippen molar-refractivity contribution in [1.82, 2.24) is 5.32 Å². The highest BCUT2D eigenvalue weighted by Crippen LogP contribution is 2.26. The third-order valence-corrected chi connectivity index (χ3v) is 5.08. The van der Waals surface area contributed by atoms with Crippen molar-refractivity contribution in [3.8, 4) is 0 Å². The Morgan fingerprint density at radius 3 is 3.00 bits per heavy atom. The minimum Gasteiger partial charge on any atom is -0.355 e. The standard InChI is InChI=1S/C18H21NOS/c20-18(19-11-10-14-6-2-1-3-7-14)12-15-13-21-17-9-5-4-8-16(15)17/h4-6,8-9,13H,1-3,7,10-12H2,(H,19,20). The summed E-state index contributed by atoms with van der Waals surface area (Å²) in [5.74, 6) is 0.134. The number of thiophene rings is 1. The van der Waals surface area contributed by atoms with Crippen molar-refractivity contribution in [3.05, 3.63) is 46.9 Å². The van der Waals surface area contributed by atoms with Crippen molar-refractivity contribution >= 4 is 27.3 Å². The van der Waals surface area contributed by atoms with Gasteiger partial charge in [-0.2, -0.15) is 0 Å². The van der Waals surface area contributed by atoms with Gasteiger partial charge in [0.25, 0.3) is 0 Å². The van der Waals surface area contributed by atoms with E-state index in [0.29, 0.717) is 6.42 Å². The van der Waals surface area contributed by atoms with E-state index in [4.69, 9.17) is 0 Å². The molecule has 0 saturated carbocycles. The van der Waals surface area contributed by atoms with Crippen LogP contribution in [0.25, 0.3) is 10.1 Å². The normalized spacial score (nSPS) is 15.0. The molecule has 0 spiro atoms. The highest BCUT2D eigenvalue weighted by atomic mass is 32.1. The quantitative estimate of drug-likeness (QED) is 0.812. The van der Waals surface area contributed by atoms with Crippen molar-refractivity contribution in [3.63, 3.8) is 0 Å². The van der Waals surface area contributed by atoms with Crippen LogP contribution in [-0.2, 0) is 11.2 Å². The lowest BCUT2D eigenvalue weighted by Crippen LogP contribution is -2.26. The number of fused-ring (bicyclic) bond motifs is 1. The maximum atomic E-state index is 12.1. The third kappa shape index (κ3) is 3.73. The molecule has 110 valence electrons. The maximum absolute atomic E-state index is 12.1. The van der Waals surface area contributed by atoms with Crippen LogP contribution in [0.5, 0.6) is 0 Å². The molecule has 1 aromatic carbocycles. The van der Waals surface area contributed by atoms with Crippen LogP contribution in [0.4, 0.5) is 0 Å². The van der Waals surface area contributed by atoms with Crippen molar-refractivity contribution in [2.45, 2.75) is 38.5 Å². The van der Waals surface area contributed by atoms with E-state index in [9.17, 15) is 4.79 Å². The molecule has 0 fully saturated rings. The summed E-state index contributed by atoms with van der Waals surface area (Å²) in [5.41, 5.74) is 2.66. The summed E-state index contributed by atoms with van der Waals surface area (Å²) < 4.78 is 1.26. The molecule has 1 heterocycles. The Hall–Kier alpha value is -1.61. The zero-order valence-corrected chi connectivity index (χ0v) is 13.0. The summed E-state index contributed by atoms with van der Waals surface area (Å²) in [6.07, 6.45) is 8.90. The summed E-state index contributed by atoms with van der Waals surface area (Å²) in [6.45, 7) is 0.771. The summed E-state index contributed by atoms with van der Waals surface area (Å²) in [4.78, 5) is 12.1. The lowest BCUT2D eigenvalue weighted by molar-refractivity contribution is -0.120. The number of amides is 1. The number of allylic oxidation sites excluding steroid dienone is 1. The topological polar surface area (TPSA) is 29.1 Å². The van der Waals surface area contributed by atoms with Gasteiger partial charge in [0.05, 0.1) is 6.42 Å². The van der Waals surface area contributed by atoms with E-state index in [2.05, 4.69) is 28.9 Å². The number of hydrogen-bond donors (Lipinski definition) is 1. The second kappa shape index (κ2) is 6.90. The lowest BCUT2D eigenvalue weighted by atomic mass is 9.97. The molecule has 1 aromatic heterocycles. The fourth-order valence-corrected chi connectivity index (χ4v) is 3.86. The Balaban J connectivity index is 1.51. The molecule has 1 aliphatic rings. The van der Waals surface area contributed by atoms with Gasteiger partial charge in [-0.05, 0) is 54.5 Å². The molecule has 2 aromatic rings. The Kier molecular flexibility index (Phi) is 4.71. The minimum atomic E-state index is 0.134. The number of carbonyl (C=O) groups excluding carboxylic acids is 1. The van der Waals surface area contributed by atoms with Crippen LogP contribution in [-0.4, -0.2) is 12.5 Å². The van der Waals surface area contributed by atoms with Gasteiger partial charge in [0.1, 0.15) is 0 Å². The Morgan fingerprint density at radius 1 is 1.24 bits per heavy atom. The molecule has 0 aliphatic heterocycles. The van der Waals surface area contributed by atoms with E-state index in [0.717, 1.165) is 18.5 Å². The molecule has 0 radical (unpaired) electrons. The van der Waals surface area contributed by atoms with E-state index in [-0.39, 0.29) is 5.91 Å². The Morgan fingerprint density at radius 2 is 2.14 bits per heavy atom. The molecule has 0 atom stereocenters. The van der Waals surface area contributed by atoms with Gasteiger partial charge in [0.15, 0.2) is 0 Å². The van der Waals surface area contributed by atoms with Gasteiger partial charge in [-0.3, -0.25) is 4.79 Å². The predicted molar refractivity (Wildman–Crippen MR) is 89.7 cm³/mol. The van der Waals surface area contributed by atoms with E-state index in [1.807, 2.05) is 12.1 Å². The highest BCUT2D eigenvalue weighted by Gasteiger charge is 2.09. The molecule has 3 rings (SSSR count). The molecule has 0 unspecified atom stereocenters. The zero-order chi connectivity index (χ0) is 14.5. The first kappa shape index (κ1) is 14.3. The number of benzene rings is 1. The van der Waals surface area contributed by atoms with Crippen molar-refractivity contribution in [2.75, 3.05) is 6.54 Å². The highest BCUT2D eigenvalue weighted by molar-refractivity contribution is 7.17. The van der Waals surface area contributed by atoms with Crippen LogP contribution in [0.15, 0.2) is 41.3 Å². The molecule has 3 heteroatoms. The van der Waals surface area contributed by atoms with Crippen molar-refractivity contribution in [1.29, 1.82) is 0 Å². The van der Waals surface area contributed by atoms with Gasteiger partial charge in [-0.25, -0.2) is 0 Å². The summed E-state index contributed by atoms with van der Waals surface area (Å²) in [7, 11) is 0. The summed E-state index contributed by atoms with van der Waals surface area (Å²) >= 11 is 1.71. The Bertz CT molecular complexity index is 656. The first-order valence-electron chi connectivity index (χ1n) is 7.72.